The molecule has 1 heterocycles. The molecule has 1 amide bonds. The van der Waals surface area contributed by atoms with Crippen molar-refractivity contribution in [2.24, 2.45) is 0 Å². The predicted octanol–water partition coefficient (Wildman–Crippen LogP) is 2.96. The van der Waals surface area contributed by atoms with Gasteiger partial charge in [-0.25, -0.2) is 4.79 Å². The highest BCUT2D eigenvalue weighted by Gasteiger charge is 2.23. The van der Waals surface area contributed by atoms with Gasteiger partial charge in [-0.05, 0) is 25.1 Å². The Hall–Kier alpha value is -4.02. The molecule has 0 saturated heterocycles. The zero-order valence-corrected chi connectivity index (χ0v) is 17.5. The molecule has 0 aliphatic carbocycles. The number of nitrogens with zero attached hydrogens (tertiary/aromatic N) is 1. The van der Waals surface area contributed by atoms with Crippen LogP contribution in [0.2, 0.25) is 0 Å². The number of ether oxygens (including phenoxy) is 5. The van der Waals surface area contributed by atoms with E-state index in [0.29, 0.717) is 37.7 Å². The number of fused-ring (bicyclic) bond motifs is 1. The average molecular weight is 446 g/mol. The lowest BCUT2D eigenvalue weighted by molar-refractivity contribution is -0.384. The van der Waals surface area contributed by atoms with Crippen molar-refractivity contribution in [1.82, 2.24) is 0 Å². The van der Waals surface area contributed by atoms with Crippen molar-refractivity contribution >= 4 is 23.3 Å². The zero-order chi connectivity index (χ0) is 23.1. The van der Waals surface area contributed by atoms with Crippen LogP contribution >= 0.6 is 0 Å². The summed E-state index contributed by atoms with van der Waals surface area (Å²) in [6, 6.07) is 6.96. The van der Waals surface area contributed by atoms with E-state index in [1.807, 2.05) is 0 Å². The number of carbonyl (C=O) groups is 2. The van der Waals surface area contributed by atoms with Gasteiger partial charge in [-0.2, -0.15) is 0 Å². The summed E-state index contributed by atoms with van der Waals surface area (Å²) in [5, 5.41) is 13.8. The first-order chi connectivity index (χ1) is 15.4. The smallest absolute Gasteiger partial charge is 0.338 e. The summed E-state index contributed by atoms with van der Waals surface area (Å²) < 4.78 is 26.5. The highest BCUT2D eigenvalue weighted by Crippen LogP contribution is 2.39. The van der Waals surface area contributed by atoms with Gasteiger partial charge in [0.25, 0.3) is 11.6 Å². The van der Waals surface area contributed by atoms with Crippen LogP contribution in [0.5, 0.6) is 23.0 Å². The highest BCUT2D eigenvalue weighted by molar-refractivity contribution is 5.97. The normalized spacial score (nSPS) is 12.3. The second-order valence-corrected chi connectivity index (χ2v) is 6.55. The van der Waals surface area contributed by atoms with Crippen LogP contribution in [0, 0.1) is 10.1 Å². The van der Waals surface area contributed by atoms with Gasteiger partial charge in [0.05, 0.1) is 43.5 Å². The minimum Gasteiger partial charge on any atom is -0.493 e. The Kier molecular flexibility index (Phi) is 7.32. The van der Waals surface area contributed by atoms with Gasteiger partial charge < -0.3 is 29.0 Å². The Bertz CT molecular complexity index is 1020. The van der Waals surface area contributed by atoms with Gasteiger partial charge in [0.2, 0.25) is 0 Å². The van der Waals surface area contributed by atoms with Gasteiger partial charge in [-0.1, -0.05) is 0 Å². The Morgan fingerprint density at radius 1 is 1.12 bits per heavy atom. The highest BCUT2D eigenvalue weighted by atomic mass is 16.6. The maximum absolute atomic E-state index is 12.3. The van der Waals surface area contributed by atoms with E-state index in [0.717, 1.165) is 0 Å². The van der Waals surface area contributed by atoms with Crippen LogP contribution in [0.3, 0.4) is 0 Å². The topological polar surface area (TPSA) is 135 Å². The number of esters is 1. The number of benzene rings is 2. The maximum atomic E-state index is 12.3. The Balaban J connectivity index is 1.68. The zero-order valence-electron chi connectivity index (χ0n) is 17.5. The second kappa shape index (κ2) is 10.3. The average Bonchev–Trinajstić information content (AvgIpc) is 3.01. The molecule has 0 spiro atoms. The molecular formula is C21H22N2O9. The molecule has 11 heteroatoms. The molecule has 1 aliphatic rings. The molecule has 0 aromatic heterocycles. The molecule has 0 bridgehead atoms. The van der Waals surface area contributed by atoms with Crippen molar-refractivity contribution in [2.75, 3.05) is 38.9 Å². The SMILES string of the molecule is CCOc1cc(C(=O)OCC(=O)Nc2cc3c(cc2[N+](=O)[O-])OCCCO3)ccc1OC. The maximum Gasteiger partial charge on any atom is 0.338 e. The van der Waals surface area contributed by atoms with E-state index >= 15 is 0 Å². The Morgan fingerprint density at radius 3 is 2.50 bits per heavy atom. The van der Waals surface area contributed by atoms with Crippen LogP contribution in [0.15, 0.2) is 30.3 Å². The number of rotatable bonds is 8. The lowest BCUT2D eigenvalue weighted by Gasteiger charge is -2.12. The van der Waals surface area contributed by atoms with Gasteiger partial charge in [0, 0.05) is 12.5 Å². The first-order valence-electron chi connectivity index (χ1n) is 9.78. The summed E-state index contributed by atoms with van der Waals surface area (Å²) in [7, 11) is 1.47. The van der Waals surface area contributed by atoms with Gasteiger partial charge in [0.1, 0.15) is 5.69 Å². The minimum absolute atomic E-state index is 0.0941. The molecule has 11 nitrogen and oxygen atoms in total. The van der Waals surface area contributed by atoms with Crippen molar-refractivity contribution in [2.45, 2.75) is 13.3 Å². The van der Waals surface area contributed by atoms with Gasteiger partial charge >= 0.3 is 5.97 Å². The molecule has 1 aliphatic heterocycles. The van der Waals surface area contributed by atoms with Gasteiger partial charge in [-0.3, -0.25) is 14.9 Å². The standard InChI is InChI=1S/C21H22N2O9/c1-3-29-17-9-13(5-6-16(17)28-2)21(25)32-12-20(24)22-14-10-18-19(11-15(14)23(26)27)31-8-4-7-30-18/h5-6,9-11H,3-4,7-8,12H2,1-2H3,(H,22,24). The number of anilines is 1. The summed E-state index contributed by atoms with van der Waals surface area (Å²) >= 11 is 0. The quantitative estimate of drug-likeness (QED) is 0.369. The van der Waals surface area contributed by atoms with Gasteiger partial charge in [-0.15, -0.1) is 0 Å². The predicted molar refractivity (Wildman–Crippen MR) is 112 cm³/mol. The van der Waals surface area contributed by atoms with E-state index in [9.17, 15) is 19.7 Å². The fourth-order valence-corrected chi connectivity index (χ4v) is 2.92. The Morgan fingerprint density at radius 2 is 1.84 bits per heavy atom. The molecule has 0 saturated carbocycles. The number of hydrogen-bond donors (Lipinski definition) is 1. The molecule has 3 rings (SSSR count). The largest absolute Gasteiger partial charge is 0.493 e. The van der Waals surface area contributed by atoms with Crippen molar-refractivity contribution in [3.8, 4) is 23.0 Å². The fourth-order valence-electron chi connectivity index (χ4n) is 2.92. The van der Waals surface area contributed by atoms with E-state index in [1.54, 1.807) is 13.0 Å². The lowest BCUT2D eigenvalue weighted by Crippen LogP contribution is -2.21. The third-order valence-corrected chi connectivity index (χ3v) is 4.37. The summed E-state index contributed by atoms with van der Waals surface area (Å²) in [6.07, 6.45) is 0.622. The molecule has 0 radical (unpaired) electrons. The van der Waals surface area contributed by atoms with Crippen molar-refractivity contribution in [1.29, 1.82) is 0 Å². The van der Waals surface area contributed by atoms with Crippen molar-refractivity contribution < 1.29 is 38.2 Å². The molecule has 1 N–H and O–H groups in total. The fraction of sp³-hybridized carbons (Fsp3) is 0.333. The number of nitro benzene ring substituents is 1. The van der Waals surface area contributed by atoms with Crippen LogP contribution < -0.4 is 24.3 Å². The van der Waals surface area contributed by atoms with E-state index in [1.165, 1.54) is 31.4 Å². The summed E-state index contributed by atoms with van der Waals surface area (Å²) in [5.74, 6) is -0.212. The van der Waals surface area contributed by atoms with Crippen molar-refractivity contribution in [3.63, 3.8) is 0 Å². The van der Waals surface area contributed by atoms with Crippen LogP contribution in [0.25, 0.3) is 0 Å². The lowest BCUT2D eigenvalue weighted by atomic mass is 10.2. The number of carbonyl (C=O) groups excluding carboxylic acids is 2. The molecule has 32 heavy (non-hydrogen) atoms. The summed E-state index contributed by atoms with van der Waals surface area (Å²) in [4.78, 5) is 35.4. The summed E-state index contributed by atoms with van der Waals surface area (Å²) in [5.41, 5.74) is -0.308. The molecule has 170 valence electrons. The molecule has 0 unspecified atom stereocenters. The summed E-state index contributed by atoms with van der Waals surface area (Å²) in [6.45, 7) is 2.24. The monoisotopic (exact) mass is 446 g/mol. The minimum atomic E-state index is -0.767. The number of amides is 1. The second-order valence-electron chi connectivity index (χ2n) is 6.55. The number of nitrogens with one attached hydrogen (secondary N) is 1. The van der Waals surface area contributed by atoms with E-state index in [-0.39, 0.29) is 28.4 Å². The van der Waals surface area contributed by atoms with E-state index in [2.05, 4.69) is 5.32 Å². The van der Waals surface area contributed by atoms with Crippen molar-refractivity contribution in [3.05, 3.63) is 46.0 Å². The third kappa shape index (κ3) is 5.36. The molecular weight excluding hydrogens is 424 g/mol. The van der Waals surface area contributed by atoms with Crippen LogP contribution in [0.4, 0.5) is 11.4 Å². The van der Waals surface area contributed by atoms with Crippen LogP contribution in [0.1, 0.15) is 23.7 Å². The first-order valence-corrected chi connectivity index (χ1v) is 9.78. The molecule has 2 aromatic rings. The molecule has 2 aromatic carbocycles. The van der Waals surface area contributed by atoms with Crippen LogP contribution in [-0.4, -0.2) is 50.3 Å². The third-order valence-electron chi connectivity index (χ3n) is 4.37. The van der Waals surface area contributed by atoms with Crippen LogP contribution in [-0.2, 0) is 9.53 Å². The van der Waals surface area contributed by atoms with E-state index in [4.69, 9.17) is 23.7 Å². The molecule has 0 atom stereocenters. The number of methoxy groups -OCH3 is 1. The Labute approximate surface area is 183 Å². The first kappa shape index (κ1) is 22.7. The number of hydrogen-bond acceptors (Lipinski definition) is 9. The van der Waals surface area contributed by atoms with Gasteiger partial charge in [0.15, 0.2) is 29.6 Å². The van der Waals surface area contributed by atoms with E-state index < -0.39 is 23.4 Å². The number of nitro groups is 1. The molecule has 0 fully saturated rings.